The summed E-state index contributed by atoms with van der Waals surface area (Å²) in [7, 11) is 1.79. The van der Waals surface area contributed by atoms with Crippen molar-refractivity contribution >= 4 is 23.4 Å². The fourth-order valence-corrected chi connectivity index (χ4v) is 5.65. The summed E-state index contributed by atoms with van der Waals surface area (Å²) < 4.78 is 23.7. The molecule has 4 rings (SSSR count). The SMILES string of the molecule is CCOc1cc(C(=O)N2CCCC(C(=O)N(C)Cc3ccc(Cl)cc3Oc3ccc(C)cc3C)C2)cc(OCC)c1OCC. The Hall–Kier alpha value is -3.91. The molecule has 0 saturated carbocycles. The van der Waals surface area contributed by atoms with Crippen LogP contribution in [0.2, 0.25) is 5.02 Å². The van der Waals surface area contributed by atoms with Crippen molar-refractivity contribution < 1.29 is 28.5 Å². The van der Waals surface area contributed by atoms with E-state index in [0.717, 1.165) is 28.9 Å². The van der Waals surface area contributed by atoms with Gasteiger partial charge in [-0.15, -0.1) is 0 Å². The first kappa shape index (κ1) is 33.0. The van der Waals surface area contributed by atoms with E-state index in [9.17, 15) is 9.59 Å². The Bertz CT molecular complexity index is 1450. The summed E-state index contributed by atoms with van der Waals surface area (Å²) in [6, 6.07) is 14.9. The third kappa shape index (κ3) is 7.97. The molecule has 0 radical (unpaired) electrons. The van der Waals surface area contributed by atoms with E-state index in [0.29, 0.717) is 79.5 Å². The predicted octanol–water partition coefficient (Wildman–Crippen LogP) is 7.46. The van der Waals surface area contributed by atoms with Gasteiger partial charge in [0.25, 0.3) is 5.91 Å². The second-order valence-electron chi connectivity index (χ2n) is 11.0. The van der Waals surface area contributed by atoms with E-state index < -0.39 is 0 Å². The fourth-order valence-electron chi connectivity index (χ4n) is 5.49. The Kier molecular flexibility index (Phi) is 11.4. The number of piperidine rings is 1. The number of aryl methyl sites for hydroxylation is 2. The Labute approximate surface area is 265 Å². The quantitative estimate of drug-likeness (QED) is 0.209. The zero-order valence-corrected chi connectivity index (χ0v) is 27.3. The highest BCUT2D eigenvalue weighted by Gasteiger charge is 2.32. The van der Waals surface area contributed by atoms with Crippen molar-refractivity contribution in [1.29, 1.82) is 0 Å². The summed E-state index contributed by atoms with van der Waals surface area (Å²) in [4.78, 5) is 30.9. The van der Waals surface area contributed by atoms with E-state index in [1.54, 1.807) is 41.1 Å². The molecule has 0 aromatic heterocycles. The molecule has 1 unspecified atom stereocenters. The lowest BCUT2D eigenvalue weighted by Crippen LogP contribution is -2.45. The number of carbonyl (C=O) groups is 2. The van der Waals surface area contributed by atoms with Crippen LogP contribution in [0.1, 0.15) is 60.7 Å². The third-order valence-corrected chi connectivity index (χ3v) is 7.81. The molecule has 1 atom stereocenters. The average molecular weight is 623 g/mol. The lowest BCUT2D eigenvalue weighted by atomic mass is 9.95. The second-order valence-corrected chi connectivity index (χ2v) is 11.4. The predicted molar refractivity (Wildman–Crippen MR) is 172 cm³/mol. The molecule has 236 valence electrons. The lowest BCUT2D eigenvalue weighted by Gasteiger charge is -2.34. The minimum Gasteiger partial charge on any atom is -0.490 e. The summed E-state index contributed by atoms with van der Waals surface area (Å²) in [6.07, 6.45) is 1.43. The van der Waals surface area contributed by atoms with Crippen molar-refractivity contribution in [3.63, 3.8) is 0 Å². The maximum absolute atomic E-state index is 13.7. The normalized spacial score (nSPS) is 14.6. The van der Waals surface area contributed by atoms with Crippen LogP contribution in [0.5, 0.6) is 28.7 Å². The summed E-state index contributed by atoms with van der Waals surface area (Å²) in [5.41, 5.74) is 3.45. The molecule has 3 aromatic carbocycles. The highest BCUT2D eigenvalue weighted by molar-refractivity contribution is 6.30. The van der Waals surface area contributed by atoms with Crippen LogP contribution < -0.4 is 18.9 Å². The second kappa shape index (κ2) is 15.2. The first-order valence-electron chi connectivity index (χ1n) is 15.3. The molecular formula is C35H43ClN2O6. The number of halogens is 1. The Balaban J connectivity index is 1.49. The minimum absolute atomic E-state index is 0.0216. The molecule has 2 amide bonds. The van der Waals surface area contributed by atoms with Crippen molar-refractivity contribution in [2.45, 2.75) is 54.0 Å². The fraction of sp³-hybridized carbons (Fsp3) is 0.429. The van der Waals surface area contributed by atoms with Gasteiger partial charge < -0.3 is 28.7 Å². The zero-order chi connectivity index (χ0) is 31.8. The highest BCUT2D eigenvalue weighted by Crippen LogP contribution is 2.40. The van der Waals surface area contributed by atoms with Crippen LogP contribution in [0.3, 0.4) is 0 Å². The van der Waals surface area contributed by atoms with Gasteiger partial charge in [0.2, 0.25) is 11.7 Å². The van der Waals surface area contributed by atoms with Gasteiger partial charge in [-0.25, -0.2) is 0 Å². The number of likely N-dealkylation sites (tertiary alicyclic amines) is 1. The Morgan fingerprint density at radius 1 is 0.886 bits per heavy atom. The molecule has 0 aliphatic carbocycles. The maximum Gasteiger partial charge on any atom is 0.254 e. The molecule has 1 heterocycles. The molecule has 3 aromatic rings. The molecule has 1 aliphatic heterocycles. The van der Waals surface area contributed by atoms with Gasteiger partial charge in [0, 0.05) is 42.8 Å². The van der Waals surface area contributed by atoms with Crippen LogP contribution in [0.15, 0.2) is 48.5 Å². The number of rotatable bonds is 12. The standard InChI is InChI=1S/C35H43ClN2O6/c1-7-41-31-18-27(19-32(42-8-2)33(31)43-9-3)35(40)38-16-10-11-26(22-38)34(39)37(6)21-25-13-14-28(36)20-30(25)44-29-15-12-23(4)17-24(29)5/h12-15,17-20,26H,7-11,16,21-22H2,1-6H3. The first-order chi connectivity index (χ1) is 21.1. The number of nitrogens with zero attached hydrogens (tertiary/aromatic N) is 2. The van der Waals surface area contributed by atoms with Gasteiger partial charge in [0.1, 0.15) is 11.5 Å². The van der Waals surface area contributed by atoms with Crippen LogP contribution in [0.4, 0.5) is 0 Å². The Morgan fingerprint density at radius 2 is 1.57 bits per heavy atom. The van der Waals surface area contributed by atoms with Gasteiger partial charge in [-0.3, -0.25) is 9.59 Å². The third-order valence-electron chi connectivity index (χ3n) is 7.58. The molecule has 0 N–H and O–H groups in total. The van der Waals surface area contributed by atoms with E-state index in [4.69, 9.17) is 30.5 Å². The van der Waals surface area contributed by atoms with Gasteiger partial charge in [0.15, 0.2) is 11.5 Å². The smallest absolute Gasteiger partial charge is 0.254 e. The van der Waals surface area contributed by atoms with Crippen LogP contribution in [0.25, 0.3) is 0 Å². The topological polar surface area (TPSA) is 77.5 Å². The summed E-state index contributed by atoms with van der Waals surface area (Å²) in [6.45, 7) is 12.2. The minimum atomic E-state index is -0.325. The molecule has 8 nitrogen and oxygen atoms in total. The van der Waals surface area contributed by atoms with Crippen molar-refractivity contribution in [3.8, 4) is 28.7 Å². The highest BCUT2D eigenvalue weighted by atomic mass is 35.5. The molecule has 0 bridgehead atoms. The molecule has 44 heavy (non-hydrogen) atoms. The van der Waals surface area contributed by atoms with Gasteiger partial charge in [-0.2, -0.15) is 0 Å². The number of hydrogen-bond acceptors (Lipinski definition) is 6. The van der Waals surface area contributed by atoms with Crippen LogP contribution in [-0.4, -0.2) is 61.6 Å². The molecule has 9 heteroatoms. The average Bonchev–Trinajstić information content (AvgIpc) is 3.00. The number of benzene rings is 3. The number of amides is 2. The van der Waals surface area contributed by atoms with Crippen molar-refractivity contribution in [1.82, 2.24) is 9.80 Å². The van der Waals surface area contributed by atoms with E-state index in [2.05, 4.69) is 6.07 Å². The zero-order valence-electron chi connectivity index (χ0n) is 26.6. The van der Waals surface area contributed by atoms with E-state index in [1.807, 2.05) is 52.8 Å². The van der Waals surface area contributed by atoms with Crippen LogP contribution >= 0.6 is 11.6 Å². The lowest BCUT2D eigenvalue weighted by molar-refractivity contribution is -0.136. The van der Waals surface area contributed by atoms with Crippen LogP contribution in [0, 0.1) is 19.8 Å². The van der Waals surface area contributed by atoms with Crippen molar-refractivity contribution in [3.05, 3.63) is 75.8 Å². The molecular weight excluding hydrogens is 580 g/mol. The van der Waals surface area contributed by atoms with E-state index in [1.165, 1.54) is 0 Å². The van der Waals surface area contributed by atoms with Crippen LogP contribution in [-0.2, 0) is 11.3 Å². The molecule has 1 fully saturated rings. The van der Waals surface area contributed by atoms with Crippen molar-refractivity contribution in [2.75, 3.05) is 40.0 Å². The summed E-state index contributed by atoms with van der Waals surface area (Å²) in [5, 5.41) is 0.554. The number of carbonyl (C=O) groups excluding carboxylic acids is 2. The summed E-state index contributed by atoms with van der Waals surface area (Å²) in [5.74, 6) is 2.26. The van der Waals surface area contributed by atoms with Gasteiger partial charge >= 0.3 is 0 Å². The number of ether oxygens (including phenoxy) is 4. The first-order valence-corrected chi connectivity index (χ1v) is 15.7. The largest absolute Gasteiger partial charge is 0.490 e. The summed E-state index contributed by atoms with van der Waals surface area (Å²) >= 11 is 6.32. The van der Waals surface area contributed by atoms with E-state index >= 15 is 0 Å². The van der Waals surface area contributed by atoms with E-state index in [-0.39, 0.29) is 17.7 Å². The van der Waals surface area contributed by atoms with Gasteiger partial charge in [-0.05, 0) is 83.4 Å². The van der Waals surface area contributed by atoms with Crippen molar-refractivity contribution in [2.24, 2.45) is 5.92 Å². The molecule has 0 spiro atoms. The molecule has 1 aliphatic rings. The van der Waals surface area contributed by atoms with Gasteiger partial charge in [0.05, 0.1) is 25.7 Å². The molecule has 1 saturated heterocycles. The number of hydrogen-bond donors (Lipinski definition) is 0. The maximum atomic E-state index is 13.7. The van der Waals surface area contributed by atoms with Gasteiger partial charge in [-0.1, -0.05) is 35.4 Å². The Morgan fingerprint density at radius 3 is 2.20 bits per heavy atom. The monoisotopic (exact) mass is 622 g/mol.